The van der Waals surface area contributed by atoms with Crippen LogP contribution < -0.4 is 5.32 Å². The second kappa shape index (κ2) is 7.73. The first-order valence-electron chi connectivity index (χ1n) is 8.25. The summed E-state index contributed by atoms with van der Waals surface area (Å²) in [7, 11) is -3.62. The van der Waals surface area contributed by atoms with Crippen LogP contribution in [-0.4, -0.2) is 31.7 Å². The molecule has 2 aromatic rings. The minimum Gasteiger partial charge on any atom is -0.322 e. The number of hydrogen-bond acceptors (Lipinski definition) is 3. The van der Waals surface area contributed by atoms with Crippen molar-refractivity contribution in [2.75, 3.05) is 18.4 Å². The van der Waals surface area contributed by atoms with Gasteiger partial charge in [0.1, 0.15) is 5.82 Å². The number of nitrogens with one attached hydrogen (secondary N) is 1. The molecular formula is C18H18ClFN2O3S. The lowest BCUT2D eigenvalue weighted by Crippen LogP contribution is -2.35. The predicted molar refractivity (Wildman–Crippen MR) is 98.4 cm³/mol. The number of benzene rings is 2. The summed E-state index contributed by atoms with van der Waals surface area (Å²) in [4.78, 5) is 12.4. The number of amides is 1. The highest BCUT2D eigenvalue weighted by molar-refractivity contribution is 7.89. The molecule has 0 unspecified atom stereocenters. The summed E-state index contributed by atoms with van der Waals surface area (Å²) in [6, 6.07) is 9.89. The fourth-order valence-corrected chi connectivity index (χ4v) is 4.71. The number of anilines is 1. The van der Waals surface area contributed by atoms with Crippen LogP contribution in [-0.2, 0) is 10.0 Å². The first-order chi connectivity index (χ1) is 12.4. The topological polar surface area (TPSA) is 66.5 Å². The van der Waals surface area contributed by atoms with E-state index in [0.717, 1.165) is 25.3 Å². The third-order valence-electron chi connectivity index (χ3n) is 4.23. The van der Waals surface area contributed by atoms with Crippen molar-refractivity contribution in [3.63, 3.8) is 0 Å². The largest absolute Gasteiger partial charge is 0.322 e. The van der Waals surface area contributed by atoms with Gasteiger partial charge in [0.05, 0.1) is 15.5 Å². The van der Waals surface area contributed by atoms with E-state index in [1.165, 1.54) is 34.6 Å². The number of piperidine rings is 1. The van der Waals surface area contributed by atoms with Crippen LogP contribution in [0.3, 0.4) is 0 Å². The molecule has 3 rings (SSSR count). The molecule has 1 aliphatic rings. The first-order valence-corrected chi connectivity index (χ1v) is 10.1. The lowest BCUT2D eigenvalue weighted by atomic mass is 10.2. The molecule has 26 heavy (non-hydrogen) atoms. The number of carbonyl (C=O) groups excluding carboxylic acids is 1. The SMILES string of the molecule is O=C(Nc1cccc(S(=O)(=O)N2CCCCC2)c1)c1c(F)cccc1Cl. The van der Waals surface area contributed by atoms with Crippen LogP contribution >= 0.6 is 11.6 Å². The summed E-state index contributed by atoms with van der Waals surface area (Å²) < 4.78 is 40.8. The summed E-state index contributed by atoms with van der Waals surface area (Å²) in [5, 5.41) is 2.49. The molecule has 1 N–H and O–H groups in total. The third kappa shape index (κ3) is 3.90. The molecule has 0 aliphatic carbocycles. The van der Waals surface area contributed by atoms with Crippen molar-refractivity contribution in [1.82, 2.24) is 4.31 Å². The third-order valence-corrected chi connectivity index (χ3v) is 6.44. The summed E-state index contributed by atoms with van der Waals surface area (Å²) in [5.41, 5.74) is -0.0224. The monoisotopic (exact) mass is 396 g/mol. The molecule has 0 saturated carbocycles. The molecule has 138 valence electrons. The smallest absolute Gasteiger partial charge is 0.260 e. The van der Waals surface area contributed by atoms with Crippen molar-refractivity contribution in [3.8, 4) is 0 Å². The Labute approximate surface area is 156 Å². The fourth-order valence-electron chi connectivity index (χ4n) is 2.90. The molecule has 1 fully saturated rings. The Hall–Kier alpha value is -1.96. The molecule has 1 aliphatic heterocycles. The van der Waals surface area contributed by atoms with Crippen molar-refractivity contribution < 1.29 is 17.6 Å². The molecule has 0 aromatic heterocycles. The maximum absolute atomic E-state index is 13.9. The summed E-state index contributed by atoms with van der Waals surface area (Å²) in [5.74, 6) is -1.48. The molecule has 0 radical (unpaired) electrons. The van der Waals surface area contributed by atoms with Gasteiger partial charge in [0.25, 0.3) is 5.91 Å². The lowest BCUT2D eigenvalue weighted by Gasteiger charge is -2.26. The first kappa shape index (κ1) is 18.8. The molecule has 1 saturated heterocycles. The van der Waals surface area contributed by atoms with Gasteiger partial charge in [-0.25, -0.2) is 12.8 Å². The molecule has 0 atom stereocenters. The van der Waals surface area contributed by atoms with Crippen LogP contribution in [0.5, 0.6) is 0 Å². The highest BCUT2D eigenvalue weighted by Crippen LogP contribution is 2.24. The minimum absolute atomic E-state index is 0.0143. The van der Waals surface area contributed by atoms with E-state index in [2.05, 4.69) is 5.32 Å². The zero-order valence-electron chi connectivity index (χ0n) is 13.9. The summed E-state index contributed by atoms with van der Waals surface area (Å²) >= 11 is 5.89. The van der Waals surface area contributed by atoms with Crippen molar-refractivity contribution in [2.24, 2.45) is 0 Å². The molecule has 2 aromatic carbocycles. The highest BCUT2D eigenvalue weighted by atomic mass is 35.5. The van der Waals surface area contributed by atoms with E-state index in [4.69, 9.17) is 11.6 Å². The van der Waals surface area contributed by atoms with E-state index >= 15 is 0 Å². The van der Waals surface area contributed by atoms with E-state index < -0.39 is 21.7 Å². The van der Waals surface area contributed by atoms with Crippen LogP contribution in [0.1, 0.15) is 29.6 Å². The van der Waals surface area contributed by atoms with Gasteiger partial charge in [-0.2, -0.15) is 4.31 Å². The van der Waals surface area contributed by atoms with Gasteiger partial charge < -0.3 is 5.32 Å². The maximum Gasteiger partial charge on any atom is 0.260 e. The van der Waals surface area contributed by atoms with Crippen molar-refractivity contribution in [1.29, 1.82) is 0 Å². The van der Waals surface area contributed by atoms with Crippen LogP contribution in [0.25, 0.3) is 0 Å². The Bertz CT molecular complexity index is 908. The number of nitrogens with zero attached hydrogens (tertiary/aromatic N) is 1. The van der Waals surface area contributed by atoms with Gasteiger partial charge in [-0.1, -0.05) is 30.2 Å². The van der Waals surface area contributed by atoms with Gasteiger partial charge >= 0.3 is 0 Å². The van der Waals surface area contributed by atoms with Crippen molar-refractivity contribution in [2.45, 2.75) is 24.2 Å². The van der Waals surface area contributed by atoms with Crippen LogP contribution in [0, 0.1) is 5.82 Å². The Morgan fingerprint density at radius 1 is 1.08 bits per heavy atom. The molecule has 1 heterocycles. The fraction of sp³-hybridized carbons (Fsp3) is 0.278. The maximum atomic E-state index is 13.9. The van der Waals surface area contributed by atoms with Gasteiger partial charge in [0.15, 0.2) is 0 Å². The number of sulfonamides is 1. The van der Waals surface area contributed by atoms with Gasteiger partial charge in [0.2, 0.25) is 10.0 Å². The highest BCUT2D eigenvalue weighted by Gasteiger charge is 2.26. The Kier molecular flexibility index (Phi) is 5.60. The van der Waals surface area contributed by atoms with E-state index in [1.807, 2.05) is 0 Å². The molecule has 0 spiro atoms. The summed E-state index contributed by atoms with van der Waals surface area (Å²) in [6.07, 6.45) is 2.69. The normalized spacial score (nSPS) is 15.6. The average molecular weight is 397 g/mol. The number of rotatable bonds is 4. The molecule has 8 heteroatoms. The van der Waals surface area contributed by atoms with E-state index in [1.54, 1.807) is 6.07 Å². The molecular weight excluding hydrogens is 379 g/mol. The van der Waals surface area contributed by atoms with Crippen LogP contribution in [0.15, 0.2) is 47.4 Å². The van der Waals surface area contributed by atoms with E-state index in [-0.39, 0.29) is 21.2 Å². The van der Waals surface area contributed by atoms with Crippen molar-refractivity contribution in [3.05, 3.63) is 58.9 Å². The Balaban J connectivity index is 1.84. The Morgan fingerprint density at radius 3 is 2.46 bits per heavy atom. The Morgan fingerprint density at radius 2 is 1.77 bits per heavy atom. The number of halogens is 2. The summed E-state index contributed by atoms with van der Waals surface area (Å²) in [6.45, 7) is 0.980. The van der Waals surface area contributed by atoms with Gasteiger partial charge in [-0.05, 0) is 43.2 Å². The second-order valence-corrected chi connectivity index (χ2v) is 8.39. The van der Waals surface area contributed by atoms with Crippen LogP contribution in [0.4, 0.5) is 10.1 Å². The molecule has 1 amide bonds. The van der Waals surface area contributed by atoms with E-state index in [9.17, 15) is 17.6 Å². The van der Waals surface area contributed by atoms with Gasteiger partial charge in [-0.3, -0.25) is 4.79 Å². The zero-order valence-corrected chi connectivity index (χ0v) is 15.5. The van der Waals surface area contributed by atoms with Gasteiger partial charge in [-0.15, -0.1) is 0 Å². The van der Waals surface area contributed by atoms with E-state index in [0.29, 0.717) is 13.1 Å². The second-order valence-electron chi connectivity index (χ2n) is 6.04. The van der Waals surface area contributed by atoms with Crippen molar-refractivity contribution >= 4 is 33.2 Å². The predicted octanol–water partition coefficient (Wildman–Crippen LogP) is 3.91. The molecule has 0 bridgehead atoms. The van der Waals surface area contributed by atoms with Gasteiger partial charge in [0, 0.05) is 18.8 Å². The standard InChI is InChI=1S/C18H18ClFN2O3S/c19-15-8-5-9-16(20)17(15)18(23)21-13-6-4-7-14(12-13)26(24,25)22-10-2-1-3-11-22/h4-9,12H,1-3,10-11H2,(H,21,23). The number of carbonyl (C=O) groups is 1. The molecule has 5 nitrogen and oxygen atoms in total. The average Bonchev–Trinajstić information content (AvgIpc) is 2.62. The van der Waals surface area contributed by atoms with Crippen LogP contribution in [0.2, 0.25) is 5.02 Å². The zero-order chi connectivity index (χ0) is 18.7. The number of hydrogen-bond donors (Lipinski definition) is 1. The minimum atomic E-state index is -3.62. The lowest BCUT2D eigenvalue weighted by molar-refractivity contribution is 0.102. The quantitative estimate of drug-likeness (QED) is 0.852.